The zero-order valence-electron chi connectivity index (χ0n) is 19.7. The number of amides is 3. The van der Waals surface area contributed by atoms with E-state index in [2.05, 4.69) is 29.8 Å². The lowest BCUT2D eigenvalue weighted by Gasteiger charge is -2.23. The Morgan fingerprint density at radius 1 is 1.12 bits per heavy atom. The summed E-state index contributed by atoms with van der Waals surface area (Å²) in [6, 6.07) is 7.38. The molecular weight excluding hydrogens is 402 g/mol. The third kappa shape index (κ3) is 3.76. The summed E-state index contributed by atoms with van der Waals surface area (Å²) in [5.41, 5.74) is 4.68. The maximum Gasteiger partial charge on any atom is 0.325 e. The monoisotopic (exact) mass is 435 g/mol. The molecule has 0 saturated carbocycles. The van der Waals surface area contributed by atoms with E-state index >= 15 is 0 Å². The van der Waals surface area contributed by atoms with Crippen LogP contribution in [0.1, 0.15) is 72.0 Å². The number of carbonyl (C=O) groups excluding carboxylic acids is 3. The third-order valence-corrected chi connectivity index (χ3v) is 7.06. The maximum absolute atomic E-state index is 13.3. The summed E-state index contributed by atoms with van der Waals surface area (Å²) in [5, 5.41) is 2.84. The summed E-state index contributed by atoms with van der Waals surface area (Å²) >= 11 is 0. The summed E-state index contributed by atoms with van der Waals surface area (Å²) in [5.74, 6) is -0.0174. The van der Waals surface area contributed by atoms with Crippen molar-refractivity contribution in [1.82, 2.24) is 14.8 Å². The van der Waals surface area contributed by atoms with Crippen LogP contribution < -0.4 is 5.32 Å². The second-order valence-corrected chi connectivity index (χ2v) is 9.83. The second-order valence-electron chi connectivity index (χ2n) is 9.83. The fourth-order valence-corrected chi connectivity index (χ4v) is 4.96. The maximum atomic E-state index is 13.3. The number of nitrogens with one attached hydrogen (secondary N) is 1. The number of carbonyl (C=O) groups is 3. The quantitative estimate of drug-likeness (QED) is 0.521. The molecule has 2 aromatic rings. The standard InChI is InChI=1S/C26H33N3O3/c1-16(2)11-12-28-17(3)13-22(18(28)4)23(30)15-29-24(31)26(5,27-25(29)32)21-10-9-19-7-6-8-20(19)14-21/h9-10,13-14,16H,6-8,11-12,15H2,1-5H3,(H,27,32). The SMILES string of the molecule is Cc1cc(C(=O)CN2C(=O)NC(C)(c3ccc4c(c3)CCC4)C2=O)c(C)n1CCC(C)C. The normalized spacial score (nSPS) is 20.2. The van der Waals surface area contributed by atoms with Gasteiger partial charge in [0.1, 0.15) is 5.54 Å². The molecule has 1 atom stereocenters. The minimum atomic E-state index is -1.15. The number of hydrogen-bond donors (Lipinski definition) is 1. The minimum Gasteiger partial charge on any atom is -0.348 e. The smallest absolute Gasteiger partial charge is 0.325 e. The van der Waals surface area contributed by atoms with Crippen molar-refractivity contribution in [2.75, 3.05) is 6.54 Å². The molecular formula is C26H33N3O3. The number of fused-ring (bicyclic) bond motifs is 1. The number of aryl methyl sites for hydroxylation is 3. The number of aromatic nitrogens is 1. The average Bonchev–Trinajstić information content (AvgIpc) is 3.38. The summed E-state index contributed by atoms with van der Waals surface area (Å²) in [7, 11) is 0. The number of rotatable bonds is 7. The van der Waals surface area contributed by atoms with Crippen LogP contribution in [-0.4, -0.2) is 33.7 Å². The van der Waals surface area contributed by atoms with E-state index in [1.807, 2.05) is 32.0 Å². The highest BCUT2D eigenvalue weighted by Gasteiger charge is 2.49. The van der Waals surface area contributed by atoms with Crippen molar-refractivity contribution in [2.45, 2.75) is 72.4 Å². The molecule has 1 aromatic carbocycles. The molecule has 1 saturated heterocycles. The van der Waals surface area contributed by atoms with Gasteiger partial charge in [0, 0.05) is 23.5 Å². The van der Waals surface area contributed by atoms with Crippen molar-refractivity contribution in [3.8, 4) is 0 Å². The first kappa shape index (κ1) is 22.3. The molecule has 0 radical (unpaired) electrons. The predicted molar refractivity (Wildman–Crippen MR) is 124 cm³/mol. The van der Waals surface area contributed by atoms with E-state index in [-0.39, 0.29) is 18.2 Å². The molecule has 1 fully saturated rings. The van der Waals surface area contributed by atoms with Gasteiger partial charge in [-0.3, -0.25) is 14.5 Å². The first-order valence-corrected chi connectivity index (χ1v) is 11.6. The number of nitrogens with zero attached hydrogens (tertiary/aromatic N) is 2. The van der Waals surface area contributed by atoms with Crippen LogP contribution in [0.4, 0.5) is 4.79 Å². The molecule has 4 rings (SSSR count). The van der Waals surface area contributed by atoms with E-state index in [1.54, 1.807) is 6.92 Å². The highest BCUT2D eigenvalue weighted by molar-refractivity contribution is 6.11. The van der Waals surface area contributed by atoms with Crippen molar-refractivity contribution >= 4 is 17.7 Å². The van der Waals surface area contributed by atoms with Gasteiger partial charge in [-0.25, -0.2) is 4.79 Å². The number of Topliss-reactive ketones (excluding diaryl/α,β-unsaturated/α-hetero) is 1. The van der Waals surface area contributed by atoms with Gasteiger partial charge in [-0.05, 0) is 75.1 Å². The minimum absolute atomic E-state index is 0.212. The van der Waals surface area contributed by atoms with Crippen LogP contribution in [-0.2, 0) is 29.7 Å². The molecule has 0 bridgehead atoms. The van der Waals surface area contributed by atoms with Crippen LogP contribution in [0.25, 0.3) is 0 Å². The highest BCUT2D eigenvalue weighted by atomic mass is 16.2. The summed E-state index contributed by atoms with van der Waals surface area (Å²) in [6.45, 7) is 10.6. The molecule has 1 N–H and O–H groups in total. The van der Waals surface area contributed by atoms with E-state index in [0.29, 0.717) is 11.5 Å². The Bertz CT molecular complexity index is 1100. The first-order valence-electron chi connectivity index (χ1n) is 11.6. The molecule has 0 spiro atoms. The largest absolute Gasteiger partial charge is 0.348 e. The van der Waals surface area contributed by atoms with Crippen LogP contribution in [0.3, 0.4) is 0 Å². The summed E-state index contributed by atoms with van der Waals surface area (Å²) in [6.07, 6.45) is 4.20. The van der Waals surface area contributed by atoms with Gasteiger partial charge in [-0.2, -0.15) is 0 Å². The van der Waals surface area contributed by atoms with Gasteiger partial charge in [-0.15, -0.1) is 0 Å². The Labute approximate surface area is 190 Å². The molecule has 1 unspecified atom stereocenters. The lowest BCUT2D eigenvalue weighted by molar-refractivity contribution is -0.130. The van der Waals surface area contributed by atoms with Gasteiger partial charge < -0.3 is 9.88 Å². The van der Waals surface area contributed by atoms with Crippen LogP contribution in [0, 0.1) is 19.8 Å². The fourth-order valence-electron chi connectivity index (χ4n) is 4.96. The highest BCUT2D eigenvalue weighted by Crippen LogP contribution is 2.33. The summed E-state index contributed by atoms with van der Waals surface area (Å²) < 4.78 is 2.15. The molecule has 2 aliphatic rings. The van der Waals surface area contributed by atoms with Crippen LogP contribution in [0.5, 0.6) is 0 Å². The molecule has 3 amide bonds. The third-order valence-electron chi connectivity index (χ3n) is 7.06. The number of benzene rings is 1. The molecule has 1 aliphatic heterocycles. The van der Waals surface area contributed by atoms with E-state index in [4.69, 9.17) is 0 Å². The van der Waals surface area contributed by atoms with Crippen molar-refractivity contribution in [3.63, 3.8) is 0 Å². The van der Waals surface area contributed by atoms with Crippen molar-refractivity contribution in [1.29, 1.82) is 0 Å². The molecule has 170 valence electrons. The molecule has 2 heterocycles. The van der Waals surface area contributed by atoms with Gasteiger partial charge in [0.2, 0.25) is 0 Å². The Hall–Kier alpha value is -2.89. The van der Waals surface area contributed by atoms with Gasteiger partial charge in [0.05, 0.1) is 6.54 Å². The van der Waals surface area contributed by atoms with Gasteiger partial charge in [0.15, 0.2) is 5.78 Å². The Balaban J connectivity index is 1.54. The van der Waals surface area contributed by atoms with Crippen molar-refractivity contribution in [2.24, 2.45) is 5.92 Å². The fraction of sp³-hybridized carbons (Fsp3) is 0.500. The molecule has 6 heteroatoms. The zero-order valence-corrected chi connectivity index (χ0v) is 19.7. The van der Waals surface area contributed by atoms with E-state index in [1.165, 1.54) is 11.1 Å². The number of imide groups is 1. The zero-order chi connectivity index (χ0) is 23.2. The first-order chi connectivity index (χ1) is 15.1. The van der Waals surface area contributed by atoms with Crippen LogP contribution in [0.2, 0.25) is 0 Å². The van der Waals surface area contributed by atoms with E-state index < -0.39 is 11.6 Å². The van der Waals surface area contributed by atoms with Crippen LogP contribution in [0.15, 0.2) is 24.3 Å². The number of ketones is 1. The number of hydrogen-bond acceptors (Lipinski definition) is 3. The molecule has 1 aliphatic carbocycles. The van der Waals surface area contributed by atoms with Gasteiger partial charge in [0.25, 0.3) is 5.91 Å². The van der Waals surface area contributed by atoms with Crippen molar-refractivity contribution in [3.05, 3.63) is 57.9 Å². The lowest BCUT2D eigenvalue weighted by atomic mass is 9.89. The lowest BCUT2D eigenvalue weighted by Crippen LogP contribution is -2.41. The Kier molecular flexibility index (Phi) is 5.74. The van der Waals surface area contributed by atoms with E-state index in [9.17, 15) is 14.4 Å². The second kappa shape index (κ2) is 8.23. The number of urea groups is 1. The Morgan fingerprint density at radius 3 is 2.56 bits per heavy atom. The van der Waals surface area contributed by atoms with Crippen LogP contribution >= 0.6 is 0 Å². The summed E-state index contributed by atoms with van der Waals surface area (Å²) in [4.78, 5) is 40.3. The van der Waals surface area contributed by atoms with Gasteiger partial charge >= 0.3 is 6.03 Å². The topological polar surface area (TPSA) is 71.4 Å². The van der Waals surface area contributed by atoms with Crippen molar-refractivity contribution < 1.29 is 14.4 Å². The Morgan fingerprint density at radius 2 is 1.84 bits per heavy atom. The molecule has 32 heavy (non-hydrogen) atoms. The predicted octanol–water partition coefficient (Wildman–Crippen LogP) is 4.29. The van der Waals surface area contributed by atoms with E-state index in [0.717, 1.165) is 54.1 Å². The van der Waals surface area contributed by atoms with Gasteiger partial charge in [-0.1, -0.05) is 32.0 Å². The molecule has 6 nitrogen and oxygen atoms in total. The average molecular weight is 436 g/mol. The molecule has 1 aromatic heterocycles.